The van der Waals surface area contributed by atoms with Gasteiger partial charge in [-0.25, -0.2) is 4.68 Å². The minimum atomic E-state index is -4.49. The highest BCUT2D eigenvalue weighted by molar-refractivity contribution is 9.10. The maximum atomic E-state index is 13.8. The van der Waals surface area contributed by atoms with Crippen LogP contribution in [-0.2, 0) is 4.74 Å². The number of halogens is 4. The van der Waals surface area contributed by atoms with E-state index in [0.29, 0.717) is 26.3 Å². The molecule has 2 aromatic rings. The van der Waals surface area contributed by atoms with E-state index in [1.54, 1.807) is 29.2 Å². The first-order valence-electron chi connectivity index (χ1n) is 8.89. The van der Waals surface area contributed by atoms with Gasteiger partial charge in [0.2, 0.25) is 0 Å². The summed E-state index contributed by atoms with van der Waals surface area (Å²) < 4.78 is 47.7. The molecule has 3 heterocycles. The average molecular weight is 459 g/mol. The molecule has 1 amide bonds. The lowest BCUT2D eigenvalue weighted by Crippen LogP contribution is -2.41. The highest BCUT2D eigenvalue weighted by atomic mass is 79.9. The number of anilines is 1. The van der Waals surface area contributed by atoms with Gasteiger partial charge in [-0.15, -0.1) is 0 Å². The zero-order valence-electron chi connectivity index (χ0n) is 14.7. The van der Waals surface area contributed by atoms with Crippen molar-refractivity contribution in [2.24, 2.45) is 0 Å². The first kappa shape index (κ1) is 19.3. The minimum absolute atomic E-state index is 0.0210. The largest absolute Gasteiger partial charge is 0.410 e. The Morgan fingerprint density at radius 2 is 1.89 bits per heavy atom. The standard InChI is InChI=1S/C18H18BrF3N4O2/c19-14-15(17(27)25-6-8-28-9-7-25)24-26-13(18(20,21)22)10-12(23-16(14)26)11-4-2-1-3-5-11/h1-5,12-13,23H,6-10H2/t12-,13-/m1/s1. The van der Waals surface area contributed by atoms with Crippen LogP contribution in [0.5, 0.6) is 0 Å². The van der Waals surface area contributed by atoms with Crippen LogP contribution in [0.4, 0.5) is 19.0 Å². The third-order valence-electron chi connectivity index (χ3n) is 5.00. The molecule has 2 aliphatic heterocycles. The van der Waals surface area contributed by atoms with Crippen LogP contribution in [0.15, 0.2) is 34.8 Å². The van der Waals surface area contributed by atoms with Gasteiger partial charge in [0.1, 0.15) is 5.82 Å². The molecule has 0 radical (unpaired) electrons. The Labute approximate surface area is 167 Å². The molecule has 0 saturated carbocycles. The van der Waals surface area contributed by atoms with E-state index in [2.05, 4.69) is 26.3 Å². The van der Waals surface area contributed by atoms with Crippen LogP contribution in [-0.4, -0.2) is 53.1 Å². The molecule has 4 rings (SSSR count). The van der Waals surface area contributed by atoms with Crippen molar-refractivity contribution >= 4 is 27.7 Å². The smallest absolute Gasteiger partial charge is 0.378 e. The number of hydrogen-bond donors (Lipinski definition) is 1. The Hall–Kier alpha value is -2.07. The maximum absolute atomic E-state index is 13.8. The number of carbonyl (C=O) groups excluding carboxylic acids is 1. The number of rotatable bonds is 2. The first-order chi connectivity index (χ1) is 13.4. The zero-order chi connectivity index (χ0) is 19.9. The minimum Gasteiger partial charge on any atom is -0.378 e. The van der Waals surface area contributed by atoms with Crippen molar-refractivity contribution in [1.29, 1.82) is 0 Å². The van der Waals surface area contributed by atoms with Crippen molar-refractivity contribution in [3.63, 3.8) is 0 Å². The lowest BCUT2D eigenvalue weighted by atomic mass is 9.97. The van der Waals surface area contributed by atoms with Gasteiger partial charge >= 0.3 is 6.18 Å². The second-order valence-corrected chi connectivity index (χ2v) is 7.55. The zero-order valence-corrected chi connectivity index (χ0v) is 16.3. The fourth-order valence-corrected chi connectivity index (χ4v) is 4.09. The summed E-state index contributed by atoms with van der Waals surface area (Å²) >= 11 is 3.31. The van der Waals surface area contributed by atoms with Gasteiger partial charge in [0.25, 0.3) is 5.91 Å². The quantitative estimate of drug-likeness (QED) is 0.743. The molecule has 1 fully saturated rings. The third-order valence-corrected chi connectivity index (χ3v) is 5.75. The number of nitrogens with zero attached hydrogens (tertiary/aromatic N) is 3. The lowest BCUT2D eigenvalue weighted by Gasteiger charge is -2.33. The van der Waals surface area contributed by atoms with Crippen LogP contribution in [0.1, 0.15) is 34.6 Å². The van der Waals surface area contributed by atoms with E-state index in [0.717, 1.165) is 10.2 Å². The molecule has 28 heavy (non-hydrogen) atoms. The van der Waals surface area contributed by atoms with Crippen molar-refractivity contribution in [1.82, 2.24) is 14.7 Å². The second-order valence-electron chi connectivity index (χ2n) is 6.76. The molecule has 6 nitrogen and oxygen atoms in total. The van der Waals surface area contributed by atoms with Gasteiger partial charge in [-0.3, -0.25) is 4.79 Å². The van der Waals surface area contributed by atoms with Crippen molar-refractivity contribution in [2.75, 3.05) is 31.6 Å². The number of ether oxygens (including phenoxy) is 1. The molecule has 0 unspecified atom stereocenters. The monoisotopic (exact) mass is 458 g/mol. The predicted octanol–water partition coefficient (Wildman–Crippen LogP) is 3.78. The van der Waals surface area contributed by atoms with E-state index in [-0.39, 0.29) is 22.4 Å². The highest BCUT2D eigenvalue weighted by Gasteiger charge is 2.48. The Bertz CT molecular complexity index is 866. The molecule has 150 valence electrons. The second kappa shape index (κ2) is 7.40. The number of nitrogens with one attached hydrogen (secondary N) is 1. The van der Waals surface area contributed by atoms with Gasteiger partial charge < -0.3 is 15.0 Å². The van der Waals surface area contributed by atoms with Crippen molar-refractivity contribution in [3.05, 3.63) is 46.1 Å². The number of benzene rings is 1. The van der Waals surface area contributed by atoms with E-state index in [4.69, 9.17) is 4.74 Å². The van der Waals surface area contributed by atoms with Gasteiger partial charge in [-0.2, -0.15) is 18.3 Å². The lowest BCUT2D eigenvalue weighted by molar-refractivity contribution is -0.173. The van der Waals surface area contributed by atoms with Crippen LogP contribution in [0.25, 0.3) is 0 Å². The van der Waals surface area contributed by atoms with Crippen molar-refractivity contribution in [3.8, 4) is 0 Å². The topological polar surface area (TPSA) is 59.4 Å². The molecule has 10 heteroatoms. The molecule has 1 aromatic carbocycles. The summed E-state index contributed by atoms with van der Waals surface area (Å²) in [5.74, 6) is -0.241. The summed E-state index contributed by atoms with van der Waals surface area (Å²) in [6, 6.07) is 6.58. The molecule has 0 aliphatic carbocycles. The Kier molecular flexibility index (Phi) is 5.09. The SMILES string of the molecule is O=C(c1nn2c(c1Br)N[C@@H](c1ccccc1)C[C@@H]2C(F)(F)F)N1CCOCC1. The number of amides is 1. The van der Waals surface area contributed by atoms with E-state index in [1.165, 1.54) is 0 Å². The Morgan fingerprint density at radius 1 is 1.21 bits per heavy atom. The van der Waals surface area contributed by atoms with Crippen LogP contribution in [0.2, 0.25) is 0 Å². The van der Waals surface area contributed by atoms with Gasteiger partial charge in [0, 0.05) is 19.5 Å². The molecule has 2 atom stereocenters. The number of carbonyl (C=O) groups is 1. The van der Waals surface area contributed by atoms with E-state index >= 15 is 0 Å². The fraction of sp³-hybridized carbons (Fsp3) is 0.444. The van der Waals surface area contributed by atoms with Crippen LogP contribution in [0, 0.1) is 0 Å². The van der Waals surface area contributed by atoms with Gasteiger partial charge in [-0.1, -0.05) is 30.3 Å². The molecule has 1 aromatic heterocycles. The van der Waals surface area contributed by atoms with Gasteiger partial charge in [-0.05, 0) is 21.5 Å². The number of alkyl halides is 3. The average Bonchev–Trinajstić information content (AvgIpc) is 3.04. The summed E-state index contributed by atoms with van der Waals surface area (Å²) in [7, 11) is 0. The van der Waals surface area contributed by atoms with Crippen LogP contribution >= 0.6 is 15.9 Å². The summed E-state index contributed by atoms with van der Waals surface area (Å²) in [5.41, 5.74) is 0.726. The number of hydrogen-bond acceptors (Lipinski definition) is 4. The van der Waals surface area contributed by atoms with Gasteiger partial charge in [0.05, 0.1) is 23.7 Å². The number of aromatic nitrogens is 2. The molecular weight excluding hydrogens is 441 g/mol. The predicted molar refractivity (Wildman–Crippen MR) is 99.2 cm³/mol. The van der Waals surface area contributed by atoms with Crippen molar-refractivity contribution in [2.45, 2.75) is 24.7 Å². The molecule has 0 spiro atoms. The van der Waals surface area contributed by atoms with Crippen LogP contribution in [0.3, 0.4) is 0 Å². The Morgan fingerprint density at radius 3 is 2.54 bits per heavy atom. The fourth-order valence-electron chi connectivity index (χ4n) is 3.55. The molecule has 1 saturated heterocycles. The first-order valence-corrected chi connectivity index (χ1v) is 9.69. The van der Waals surface area contributed by atoms with Crippen LogP contribution < -0.4 is 5.32 Å². The molecule has 2 aliphatic rings. The number of morpholine rings is 1. The normalized spacial score (nSPS) is 22.5. The van der Waals surface area contributed by atoms with E-state index < -0.39 is 24.2 Å². The molecular formula is C18H18BrF3N4O2. The van der Waals surface area contributed by atoms with Crippen molar-refractivity contribution < 1.29 is 22.7 Å². The number of fused-ring (bicyclic) bond motifs is 1. The van der Waals surface area contributed by atoms with Gasteiger partial charge in [0.15, 0.2) is 11.7 Å². The summed E-state index contributed by atoms with van der Waals surface area (Å²) in [6.45, 7) is 1.57. The molecule has 0 bridgehead atoms. The molecule has 1 N–H and O–H groups in total. The summed E-state index contributed by atoms with van der Waals surface area (Å²) in [4.78, 5) is 14.3. The Balaban J connectivity index is 1.72. The third kappa shape index (κ3) is 3.50. The highest BCUT2D eigenvalue weighted by Crippen LogP contribution is 2.46. The summed E-state index contributed by atoms with van der Waals surface area (Å²) in [6.07, 6.45) is -4.70. The summed E-state index contributed by atoms with van der Waals surface area (Å²) in [5, 5.41) is 7.18. The van der Waals surface area contributed by atoms with E-state index in [1.807, 2.05) is 6.07 Å². The van der Waals surface area contributed by atoms with E-state index in [9.17, 15) is 18.0 Å². The maximum Gasteiger partial charge on any atom is 0.410 e.